The monoisotopic (exact) mass is 423 g/mol. The van der Waals surface area contributed by atoms with E-state index in [1.165, 1.54) is 6.07 Å². The van der Waals surface area contributed by atoms with Gasteiger partial charge in [0.1, 0.15) is 5.56 Å². The van der Waals surface area contributed by atoms with E-state index in [9.17, 15) is 14.4 Å². The summed E-state index contributed by atoms with van der Waals surface area (Å²) in [6.45, 7) is 4.91. The molecule has 3 aromatic rings. The van der Waals surface area contributed by atoms with E-state index < -0.39 is 5.56 Å². The molecular weight excluding hydrogens is 402 g/mol. The van der Waals surface area contributed by atoms with Crippen molar-refractivity contribution < 1.29 is 9.59 Å². The Kier molecular flexibility index (Phi) is 4.19. The van der Waals surface area contributed by atoms with Crippen molar-refractivity contribution in [3.05, 3.63) is 67.7 Å². The number of benzene rings is 1. The van der Waals surface area contributed by atoms with E-state index >= 15 is 0 Å². The first-order valence-electron chi connectivity index (χ1n) is 10.1. The summed E-state index contributed by atoms with van der Waals surface area (Å²) in [5, 5.41) is 1.63. The Morgan fingerprint density at radius 3 is 2.70 bits per heavy atom. The summed E-state index contributed by atoms with van der Waals surface area (Å²) in [5.41, 5.74) is 3.60. The number of pyridine rings is 1. The number of halogens is 1. The number of hydrogen-bond donors (Lipinski definition) is 2. The van der Waals surface area contributed by atoms with E-state index in [-0.39, 0.29) is 22.7 Å². The summed E-state index contributed by atoms with van der Waals surface area (Å²) >= 11 is 6.16. The molecule has 5 rings (SSSR count). The molecule has 1 amide bonds. The second-order valence-corrected chi connectivity index (χ2v) is 9.53. The van der Waals surface area contributed by atoms with Gasteiger partial charge in [-0.05, 0) is 36.1 Å². The molecule has 0 atom stereocenters. The molecule has 1 aromatic carbocycles. The van der Waals surface area contributed by atoms with Gasteiger partial charge in [-0.15, -0.1) is 0 Å². The molecule has 3 heterocycles. The van der Waals surface area contributed by atoms with Crippen molar-refractivity contribution in [1.29, 1.82) is 0 Å². The van der Waals surface area contributed by atoms with E-state index in [1.807, 2.05) is 32.0 Å². The van der Waals surface area contributed by atoms with Crippen molar-refractivity contribution in [1.82, 2.24) is 14.9 Å². The van der Waals surface area contributed by atoms with Crippen molar-refractivity contribution >= 4 is 34.2 Å². The number of carbonyl (C=O) groups is 2. The number of hydrogen-bond acceptors (Lipinski definition) is 3. The van der Waals surface area contributed by atoms with Crippen LogP contribution in [0.3, 0.4) is 0 Å². The van der Waals surface area contributed by atoms with Crippen molar-refractivity contribution in [3.8, 4) is 0 Å². The molecule has 0 bridgehead atoms. The highest BCUT2D eigenvalue weighted by molar-refractivity contribution is 6.31. The minimum absolute atomic E-state index is 0.0289. The molecule has 0 radical (unpaired) electrons. The van der Waals surface area contributed by atoms with E-state index in [2.05, 4.69) is 9.97 Å². The number of ketones is 1. The van der Waals surface area contributed by atoms with Gasteiger partial charge in [0, 0.05) is 64.4 Å². The van der Waals surface area contributed by atoms with Gasteiger partial charge in [0.05, 0.1) is 0 Å². The lowest BCUT2D eigenvalue weighted by Crippen LogP contribution is -2.39. The molecule has 0 unspecified atom stereocenters. The molecule has 154 valence electrons. The van der Waals surface area contributed by atoms with E-state index in [0.717, 1.165) is 22.2 Å². The van der Waals surface area contributed by atoms with Gasteiger partial charge >= 0.3 is 0 Å². The predicted octanol–water partition coefficient (Wildman–Crippen LogP) is 3.86. The summed E-state index contributed by atoms with van der Waals surface area (Å²) in [6.07, 6.45) is 1.69. The maximum Gasteiger partial charge on any atom is 0.261 e. The summed E-state index contributed by atoms with van der Waals surface area (Å²) in [4.78, 5) is 46.4. The Morgan fingerprint density at radius 2 is 1.90 bits per heavy atom. The van der Waals surface area contributed by atoms with Crippen LogP contribution in [0.15, 0.2) is 29.1 Å². The molecule has 2 N–H and O–H groups in total. The van der Waals surface area contributed by atoms with Gasteiger partial charge in [-0.2, -0.15) is 0 Å². The largest absolute Gasteiger partial charge is 0.358 e. The van der Waals surface area contributed by atoms with Gasteiger partial charge in [-0.25, -0.2) is 0 Å². The standard InChI is InChI=1S/C23H22ClN3O3/c1-23(2)9-19-14(20(28)10-23)8-15(21(29)26-19)22(30)27-6-5-18-16(11-27)13-7-12(24)3-4-17(13)25-18/h3-4,7-8,25H,5-6,9-11H2,1-2H3,(H,26,29). The Labute approximate surface area is 178 Å². The first-order valence-corrected chi connectivity index (χ1v) is 10.5. The fourth-order valence-electron chi connectivity index (χ4n) is 4.72. The molecule has 2 aromatic heterocycles. The number of carbonyl (C=O) groups excluding carboxylic acids is 2. The number of amides is 1. The minimum atomic E-state index is -0.433. The van der Waals surface area contributed by atoms with Gasteiger partial charge in [-0.1, -0.05) is 25.4 Å². The lowest BCUT2D eigenvalue weighted by molar-refractivity contribution is 0.0733. The van der Waals surface area contributed by atoms with Crippen molar-refractivity contribution in [2.75, 3.05) is 6.54 Å². The number of aromatic amines is 2. The SMILES string of the molecule is CC1(C)CC(=O)c2cc(C(=O)N3CCc4[nH]c5ccc(Cl)cc5c4C3)c(=O)[nH]c2C1. The fraction of sp³-hybridized carbons (Fsp3) is 0.348. The van der Waals surface area contributed by atoms with Gasteiger partial charge in [0.15, 0.2) is 5.78 Å². The van der Waals surface area contributed by atoms with Crippen molar-refractivity contribution in [2.24, 2.45) is 5.41 Å². The highest BCUT2D eigenvalue weighted by atomic mass is 35.5. The van der Waals surface area contributed by atoms with Gasteiger partial charge < -0.3 is 14.9 Å². The quantitative estimate of drug-likeness (QED) is 0.623. The van der Waals surface area contributed by atoms with Gasteiger partial charge in [0.25, 0.3) is 11.5 Å². The maximum atomic E-state index is 13.2. The topological polar surface area (TPSA) is 86.0 Å². The number of fused-ring (bicyclic) bond motifs is 4. The molecule has 1 aliphatic carbocycles. The zero-order chi connectivity index (χ0) is 21.2. The second kappa shape index (κ2) is 6.57. The maximum absolute atomic E-state index is 13.2. The van der Waals surface area contributed by atoms with Crippen LogP contribution in [-0.4, -0.2) is 33.1 Å². The lowest BCUT2D eigenvalue weighted by Gasteiger charge is -2.30. The minimum Gasteiger partial charge on any atom is -0.358 e. The summed E-state index contributed by atoms with van der Waals surface area (Å²) in [7, 11) is 0. The summed E-state index contributed by atoms with van der Waals surface area (Å²) in [5.74, 6) is -0.377. The molecule has 0 fully saturated rings. The summed E-state index contributed by atoms with van der Waals surface area (Å²) in [6, 6.07) is 7.16. The van der Waals surface area contributed by atoms with Gasteiger partial charge in [0.2, 0.25) is 0 Å². The first kappa shape index (κ1) is 19.1. The fourth-order valence-corrected chi connectivity index (χ4v) is 4.89. The second-order valence-electron chi connectivity index (χ2n) is 9.09. The number of nitrogens with zero attached hydrogens (tertiary/aromatic N) is 1. The van der Waals surface area contributed by atoms with Crippen LogP contribution in [0.5, 0.6) is 0 Å². The molecule has 0 spiro atoms. The summed E-state index contributed by atoms with van der Waals surface area (Å²) < 4.78 is 0. The molecule has 7 heteroatoms. The van der Waals surface area contributed by atoms with E-state index in [4.69, 9.17) is 11.6 Å². The average Bonchev–Trinajstić information content (AvgIpc) is 3.03. The Bertz CT molecular complexity index is 1280. The number of Topliss-reactive ketones (excluding diaryl/α,β-unsaturated/α-hetero) is 1. The molecule has 0 saturated heterocycles. The Balaban J connectivity index is 1.50. The van der Waals surface area contributed by atoms with Crippen LogP contribution in [0.4, 0.5) is 0 Å². The van der Waals surface area contributed by atoms with E-state index in [0.29, 0.717) is 48.6 Å². The van der Waals surface area contributed by atoms with Crippen LogP contribution in [0.25, 0.3) is 10.9 Å². The third-order valence-corrected chi connectivity index (χ3v) is 6.41. The Morgan fingerprint density at radius 1 is 1.10 bits per heavy atom. The average molecular weight is 424 g/mol. The molecule has 0 saturated carbocycles. The van der Waals surface area contributed by atoms with Gasteiger partial charge in [-0.3, -0.25) is 14.4 Å². The van der Waals surface area contributed by atoms with Crippen molar-refractivity contribution in [3.63, 3.8) is 0 Å². The molecule has 30 heavy (non-hydrogen) atoms. The molecule has 1 aliphatic heterocycles. The first-order chi connectivity index (χ1) is 14.2. The number of aromatic nitrogens is 2. The third kappa shape index (κ3) is 3.06. The Hall–Kier alpha value is -2.86. The van der Waals surface area contributed by atoms with Crippen LogP contribution in [-0.2, 0) is 19.4 Å². The van der Waals surface area contributed by atoms with Crippen LogP contribution in [0.2, 0.25) is 5.02 Å². The number of H-pyrrole nitrogens is 2. The highest BCUT2D eigenvalue weighted by Crippen LogP contribution is 2.34. The zero-order valence-electron chi connectivity index (χ0n) is 16.9. The van der Waals surface area contributed by atoms with Crippen LogP contribution in [0.1, 0.15) is 57.9 Å². The van der Waals surface area contributed by atoms with Crippen LogP contribution < -0.4 is 5.56 Å². The highest BCUT2D eigenvalue weighted by Gasteiger charge is 2.34. The number of nitrogens with one attached hydrogen (secondary N) is 2. The zero-order valence-corrected chi connectivity index (χ0v) is 17.7. The number of rotatable bonds is 1. The predicted molar refractivity (Wildman–Crippen MR) is 115 cm³/mol. The van der Waals surface area contributed by atoms with E-state index in [1.54, 1.807) is 4.90 Å². The smallest absolute Gasteiger partial charge is 0.261 e. The third-order valence-electron chi connectivity index (χ3n) is 6.17. The molecule has 6 nitrogen and oxygen atoms in total. The van der Waals surface area contributed by atoms with Crippen LogP contribution >= 0.6 is 11.6 Å². The normalized spacial score (nSPS) is 17.7. The van der Waals surface area contributed by atoms with Crippen molar-refractivity contribution in [2.45, 2.75) is 39.7 Å². The molecular formula is C23H22ClN3O3. The lowest BCUT2D eigenvalue weighted by atomic mass is 9.75. The van der Waals surface area contributed by atoms with Crippen LogP contribution in [0, 0.1) is 5.41 Å². The molecule has 2 aliphatic rings.